The van der Waals surface area contributed by atoms with Crippen LogP contribution in [0.15, 0.2) is 12.7 Å². The number of carbonyl (C=O) groups is 2. The maximum Gasteiger partial charge on any atom is 0.239 e. The van der Waals surface area contributed by atoms with E-state index in [1.807, 2.05) is 0 Å². The van der Waals surface area contributed by atoms with E-state index < -0.39 is 0 Å². The number of amides is 2. The highest BCUT2D eigenvalue weighted by Crippen LogP contribution is 2.10. The monoisotopic (exact) mass is 210 g/mol. The van der Waals surface area contributed by atoms with Gasteiger partial charge in [-0.1, -0.05) is 12.5 Å². The smallest absolute Gasteiger partial charge is 0.239 e. The number of likely N-dealkylation sites (tertiary alicyclic amines) is 1. The SMILES string of the molecule is C=CCNC(=O)CN1CCCCCC1=O. The van der Waals surface area contributed by atoms with Gasteiger partial charge < -0.3 is 10.2 Å². The van der Waals surface area contributed by atoms with Crippen LogP contribution in [0.5, 0.6) is 0 Å². The normalized spacial score (nSPS) is 17.1. The van der Waals surface area contributed by atoms with Gasteiger partial charge in [0.05, 0.1) is 6.54 Å². The molecule has 0 spiro atoms. The molecule has 0 aliphatic carbocycles. The van der Waals surface area contributed by atoms with Crippen LogP contribution in [0.2, 0.25) is 0 Å². The van der Waals surface area contributed by atoms with E-state index in [0.29, 0.717) is 19.5 Å². The van der Waals surface area contributed by atoms with Crippen molar-refractivity contribution in [1.29, 1.82) is 0 Å². The van der Waals surface area contributed by atoms with E-state index in [1.54, 1.807) is 11.0 Å². The van der Waals surface area contributed by atoms with Gasteiger partial charge in [-0.3, -0.25) is 9.59 Å². The lowest BCUT2D eigenvalue weighted by Crippen LogP contribution is -2.40. The average molecular weight is 210 g/mol. The molecule has 0 unspecified atom stereocenters. The molecule has 1 aliphatic heterocycles. The third-order valence-corrected chi connectivity index (χ3v) is 2.45. The Bertz CT molecular complexity index is 251. The molecule has 15 heavy (non-hydrogen) atoms. The largest absolute Gasteiger partial charge is 0.351 e. The zero-order chi connectivity index (χ0) is 11.1. The Hall–Kier alpha value is -1.32. The molecule has 1 heterocycles. The van der Waals surface area contributed by atoms with Crippen LogP contribution in [-0.4, -0.2) is 36.3 Å². The van der Waals surface area contributed by atoms with Gasteiger partial charge in [0.25, 0.3) is 0 Å². The zero-order valence-electron chi connectivity index (χ0n) is 9.00. The lowest BCUT2D eigenvalue weighted by atomic mass is 10.2. The van der Waals surface area contributed by atoms with Crippen molar-refractivity contribution in [2.45, 2.75) is 25.7 Å². The van der Waals surface area contributed by atoms with Gasteiger partial charge in [-0.05, 0) is 12.8 Å². The summed E-state index contributed by atoms with van der Waals surface area (Å²) in [5, 5.41) is 2.67. The van der Waals surface area contributed by atoms with Crippen LogP contribution in [0.4, 0.5) is 0 Å². The van der Waals surface area contributed by atoms with Gasteiger partial charge in [0.1, 0.15) is 0 Å². The molecule has 1 aliphatic rings. The Morgan fingerprint density at radius 3 is 3.00 bits per heavy atom. The van der Waals surface area contributed by atoms with Gasteiger partial charge in [0.2, 0.25) is 11.8 Å². The van der Waals surface area contributed by atoms with Gasteiger partial charge in [-0.15, -0.1) is 6.58 Å². The summed E-state index contributed by atoms with van der Waals surface area (Å²) in [5.74, 6) is -0.00796. The highest BCUT2D eigenvalue weighted by atomic mass is 16.2. The van der Waals surface area contributed by atoms with Crippen molar-refractivity contribution >= 4 is 11.8 Å². The Kier molecular flexibility index (Phi) is 4.87. The van der Waals surface area contributed by atoms with Crippen LogP contribution in [0.1, 0.15) is 25.7 Å². The van der Waals surface area contributed by atoms with E-state index in [2.05, 4.69) is 11.9 Å². The van der Waals surface area contributed by atoms with E-state index in [4.69, 9.17) is 0 Å². The molecule has 2 amide bonds. The average Bonchev–Trinajstić information content (AvgIpc) is 2.42. The van der Waals surface area contributed by atoms with Crippen LogP contribution < -0.4 is 5.32 Å². The highest BCUT2D eigenvalue weighted by molar-refractivity contribution is 5.84. The second-order valence-corrected chi connectivity index (χ2v) is 3.72. The first-order valence-electron chi connectivity index (χ1n) is 5.39. The summed E-state index contributed by atoms with van der Waals surface area (Å²) < 4.78 is 0. The minimum absolute atomic E-state index is 0.0984. The van der Waals surface area contributed by atoms with Crippen molar-refractivity contribution < 1.29 is 9.59 Å². The lowest BCUT2D eigenvalue weighted by molar-refractivity contribution is -0.135. The summed E-state index contributed by atoms with van der Waals surface area (Å²) in [6.45, 7) is 4.87. The topological polar surface area (TPSA) is 49.4 Å². The summed E-state index contributed by atoms with van der Waals surface area (Å²) in [7, 11) is 0. The molecule has 4 heteroatoms. The Morgan fingerprint density at radius 1 is 1.47 bits per heavy atom. The Morgan fingerprint density at radius 2 is 2.27 bits per heavy atom. The molecule has 84 valence electrons. The standard InChI is InChI=1S/C11H18N2O2/c1-2-7-12-10(14)9-13-8-5-3-4-6-11(13)15/h2H,1,3-9H2,(H,12,14). The maximum atomic E-state index is 11.5. The third kappa shape index (κ3) is 4.14. The number of carbonyl (C=O) groups excluding carboxylic acids is 2. The molecule has 0 bridgehead atoms. The second kappa shape index (κ2) is 6.22. The number of hydrogen-bond acceptors (Lipinski definition) is 2. The highest BCUT2D eigenvalue weighted by Gasteiger charge is 2.18. The fraction of sp³-hybridized carbons (Fsp3) is 0.636. The molecule has 1 saturated heterocycles. The molecule has 1 fully saturated rings. The van der Waals surface area contributed by atoms with Crippen LogP contribution in [0, 0.1) is 0 Å². The summed E-state index contributed by atoms with van der Waals surface area (Å²) in [4.78, 5) is 24.6. The lowest BCUT2D eigenvalue weighted by Gasteiger charge is -2.19. The summed E-state index contributed by atoms with van der Waals surface area (Å²) >= 11 is 0. The van der Waals surface area contributed by atoms with Crippen LogP contribution >= 0.6 is 0 Å². The van der Waals surface area contributed by atoms with E-state index in [1.165, 1.54) is 0 Å². The molecule has 0 radical (unpaired) electrons. The molecule has 0 aromatic carbocycles. The quantitative estimate of drug-likeness (QED) is 0.694. The minimum Gasteiger partial charge on any atom is -0.351 e. The van der Waals surface area contributed by atoms with E-state index >= 15 is 0 Å². The van der Waals surface area contributed by atoms with Crippen molar-refractivity contribution in [1.82, 2.24) is 10.2 Å². The fourth-order valence-electron chi connectivity index (χ4n) is 1.62. The van der Waals surface area contributed by atoms with Gasteiger partial charge in [0.15, 0.2) is 0 Å². The molecule has 0 saturated carbocycles. The van der Waals surface area contributed by atoms with Crippen LogP contribution in [0.3, 0.4) is 0 Å². The number of rotatable bonds is 4. The van der Waals surface area contributed by atoms with Crippen molar-refractivity contribution in [3.63, 3.8) is 0 Å². The van der Waals surface area contributed by atoms with Crippen molar-refractivity contribution in [2.24, 2.45) is 0 Å². The summed E-state index contributed by atoms with van der Waals surface area (Å²) in [6.07, 6.45) is 5.23. The fourth-order valence-corrected chi connectivity index (χ4v) is 1.62. The van der Waals surface area contributed by atoms with Gasteiger partial charge in [0, 0.05) is 19.5 Å². The second-order valence-electron chi connectivity index (χ2n) is 3.72. The molecule has 0 atom stereocenters. The maximum absolute atomic E-state index is 11.5. The zero-order valence-corrected chi connectivity index (χ0v) is 9.00. The van der Waals surface area contributed by atoms with E-state index in [0.717, 1.165) is 19.3 Å². The van der Waals surface area contributed by atoms with Gasteiger partial charge in [-0.2, -0.15) is 0 Å². The molecular weight excluding hydrogens is 192 g/mol. The minimum atomic E-state index is -0.106. The number of nitrogens with one attached hydrogen (secondary N) is 1. The van der Waals surface area contributed by atoms with E-state index in [-0.39, 0.29) is 18.4 Å². The van der Waals surface area contributed by atoms with E-state index in [9.17, 15) is 9.59 Å². The van der Waals surface area contributed by atoms with Gasteiger partial charge in [-0.25, -0.2) is 0 Å². The van der Waals surface area contributed by atoms with Crippen LogP contribution in [-0.2, 0) is 9.59 Å². The third-order valence-electron chi connectivity index (χ3n) is 2.45. The first kappa shape index (κ1) is 11.8. The van der Waals surface area contributed by atoms with Gasteiger partial charge >= 0.3 is 0 Å². The van der Waals surface area contributed by atoms with Crippen LogP contribution in [0.25, 0.3) is 0 Å². The predicted octanol–water partition coefficient (Wildman–Crippen LogP) is 0.691. The Balaban J connectivity index is 2.37. The molecular formula is C11H18N2O2. The van der Waals surface area contributed by atoms with Crippen molar-refractivity contribution in [3.05, 3.63) is 12.7 Å². The molecule has 1 rings (SSSR count). The summed E-state index contributed by atoms with van der Waals surface area (Å²) in [6, 6.07) is 0. The molecule has 0 aromatic rings. The molecule has 1 N–H and O–H groups in total. The summed E-state index contributed by atoms with van der Waals surface area (Å²) in [5.41, 5.74) is 0. The predicted molar refractivity (Wildman–Crippen MR) is 58.3 cm³/mol. The van der Waals surface area contributed by atoms with Crippen molar-refractivity contribution in [3.8, 4) is 0 Å². The first-order valence-corrected chi connectivity index (χ1v) is 5.39. The van der Waals surface area contributed by atoms with Crippen molar-refractivity contribution in [2.75, 3.05) is 19.6 Å². The number of hydrogen-bond donors (Lipinski definition) is 1. The Labute approximate surface area is 90.3 Å². The number of nitrogens with zero attached hydrogens (tertiary/aromatic N) is 1. The first-order chi connectivity index (χ1) is 7.24. The molecule has 4 nitrogen and oxygen atoms in total. The molecule has 0 aromatic heterocycles.